The number of piperidine rings is 1. The fraction of sp³-hybridized carbons (Fsp3) is 0.429. The molecule has 0 unspecified atom stereocenters. The number of ether oxygens (including phenoxy) is 1. The average molecular weight is 428 g/mol. The molecule has 1 fully saturated rings. The molecule has 2 aromatic heterocycles. The number of rotatable bonds is 5. The Kier molecular flexibility index (Phi) is 6.08. The van der Waals surface area contributed by atoms with Gasteiger partial charge in [0.2, 0.25) is 5.91 Å². The van der Waals surface area contributed by atoms with Gasteiger partial charge in [0.25, 0.3) is 0 Å². The molecule has 1 N–H and O–H groups in total. The number of benzene rings is 1. The van der Waals surface area contributed by atoms with Gasteiger partial charge in [-0.2, -0.15) is 0 Å². The van der Waals surface area contributed by atoms with E-state index in [1.165, 1.54) is 11.8 Å². The van der Waals surface area contributed by atoms with Gasteiger partial charge in [0, 0.05) is 24.5 Å². The van der Waals surface area contributed by atoms with Crippen LogP contribution in [0.4, 0.5) is 4.79 Å². The van der Waals surface area contributed by atoms with Crippen LogP contribution in [0, 0.1) is 6.92 Å². The number of carbonyl (C=O) groups is 2. The van der Waals surface area contributed by atoms with Crippen LogP contribution in [0.15, 0.2) is 35.5 Å². The number of para-hydroxylation sites is 1. The number of thioether (sulfide) groups is 1. The first-order valence-corrected chi connectivity index (χ1v) is 11.1. The van der Waals surface area contributed by atoms with Gasteiger partial charge >= 0.3 is 6.09 Å². The van der Waals surface area contributed by atoms with Crippen LogP contribution >= 0.6 is 11.8 Å². The van der Waals surface area contributed by atoms with Gasteiger partial charge in [-0.3, -0.25) is 9.20 Å². The molecule has 4 rings (SSSR count). The van der Waals surface area contributed by atoms with Crippen LogP contribution < -0.4 is 5.32 Å². The lowest BCUT2D eigenvalue weighted by molar-refractivity contribution is -0.119. The Bertz CT molecular complexity index is 1080. The third-order valence-electron chi connectivity index (χ3n) is 5.29. The number of amides is 2. The zero-order valence-electron chi connectivity index (χ0n) is 17.1. The first kappa shape index (κ1) is 20.5. The number of aryl methyl sites for hydroxylation is 1. The van der Waals surface area contributed by atoms with Crippen molar-refractivity contribution in [1.82, 2.24) is 24.8 Å². The number of likely N-dealkylation sites (tertiary alicyclic amines) is 1. The molecule has 1 aliphatic rings. The van der Waals surface area contributed by atoms with E-state index in [9.17, 15) is 9.59 Å². The second kappa shape index (κ2) is 8.91. The largest absolute Gasteiger partial charge is 0.450 e. The summed E-state index contributed by atoms with van der Waals surface area (Å²) in [5.41, 5.74) is 2.96. The van der Waals surface area contributed by atoms with E-state index in [-0.39, 0.29) is 23.8 Å². The van der Waals surface area contributed by atoms with E-state index < -0.39 is 0 Å². The van der Waals surface area contributed by atoms with Gasteiger partial charge in [-0.05, 0) is 44.4 Å². The maximum absolute atomic E-state index is 12.5. The minimum Gasteiger partial charge on any atom is -0.450 e. The van der Waals surface area contributed by atoms with Crippen LogP contribution in [0.1, 0.15) is 25.3 Å². The Hall–Kier alpha value is -2.81. The predicted octanol–water partition coefficient (Wildman–Crippen LogP) is 3.02. The van der Waals surface area contributed by atoms with E-state index in [1.807, 2.05) is 28.7 Å². The van der Waals surface area contributed by atoms with E-state index in [1.54, 1.807) is 11.8 Å². The topological polar surface area (TPSA) is 88.8 Å². The summed E-state index contributed by atoms with van der Waals surface area (Å²) >= 11 is 1.38. The summed E-state index contributed by atoms with van der Waals surface area (Å²) in [5, 5.41) is 13.5. The number of hydrogen-bond acceptors (Lipinski definition) is 6. The van der Waals surface area contributed by atoms with E-state index in [4.69, 9.17) is 4.74 Å². The Morgan fingerprint density at radius 2 is 2.00 bits per heavy atom. The van der Waals surface area contributed by atoms with E-state index in [0.29, 0.717) is 24.9 Å². The number of nitrogens with one attached hydrogen (secondary N) is 1. The quantitative estimate of drug-likeness (QED) is 0.630. The molecule has 2 amide bonds. The van der Waals surface area contributed by atoms with Gasteiger partial charge < -0.3 is 15.0 Å². The maximum Gasteiger partial charge on any atom is 0.409 e. The van der Waals surface area contributed by atoms with Crippen molar-refractivity contribution in [2.45, 2.75) is 37.9 Å². The number of pyridine rings is 1. The Morgan fingerprint density at radius 1 is 1.23 bits per heavy atom. The molecule has 30 heavy (non-hydrogen) atoms. The fourth-order valence-corrected chi connectivity index (χ4v) is 4.55. The monoisotopic (exact) mass is 427 g/mol. The molecule has 3 aromatic rings. The van der Waals surface area contributed by atoms with Gasteiger partial charge in [0.15, 0.2) is 10.8 Å². The highest BCUT2D eigenvalue weighted by molar-refractivity contribution is 7.99. The summed E-state index contributed by atoms with van der Waals surface area (Å²) in [6.45, 7) is 5.42. The highest BCUT2D eigenvalue weighted by Gasteiger charge is 2.24. The Labute approximate surface area is 179 Å². The summed E-state index contributed by atoms with van der Waals surface area (Å²) < 4.78 is 7.03. The first-order chi connectivity index (χ1) is 14.6. The first-order valence-electron chi connectivity index (χ1n) is 10.1. The van der Waals surface area contributed by atoms with E-state index in [2.05, 4.69) is 28.5 Å². The summed E-state index contributed by atoms with van der Waals surface area (Å²) in [6, 6.07) is 10.2. The lowest BCUT2D eigenvalue weighted by Crippen LogP contribution is -2.47. The van der Waals surface area contributed by atoms with Gasteiger partial charge in [0.1, 0.15) is 0 Å². The molecule has 0 aliphatic carbocycles. The lowest BCUT2D eigenvalue weighted by Gasteiger charge is -2.31. The van der Waals surface area contributed by atoms with Crippen molar-refractivity contribution in [1.29, 1.82) is 0 Å². The van der Waals surface area contributed by atoms with Crippen LogP contribution in [0.3, 0.4) is 0 Å². The predicted molar refractivity (Wildman–Crippen MR) is 116 cm³/mol. The molecular formula is C21H25N5O3S. The van der Waals surface area contributed by atoms with Crippen molar-refractivity contribution in [3.8, 4) is 0 Å². The number of hydrogen-bond donors (Lipinski definition) is 1. The van der Waals surface area contributed by atoms with Crippen molar-refractivity contribution in [2.24, 2.45) is 0 Å². The normalized spacial score (nSPS) is 14.9. The van der Waals surface area contributed by atoms with E-state index in [0.717, 1.165) is 35.0 Å². The second-order valence-corrected chi connectivity index (χ2v) is 8.28. The molecule has 3 heterocycles. The van der Waals surface area contributed by atoms with Crippen molar-refractivity contribution in [3.63, 3.8) is 0 Å². The molecule has 8 nitrogen and oxygen atoms in total. The molecule has 158 valence electrons. The van der Waals surface area contributed by atoms with Crippen molar-refractivity contribution >= 4 is 40.3 Å². The molecule has 1 aliphatic heterocycles. The van der Waals surface area contributed by atoms with Crippen LogP contribution in [0.5, 0.6) is 0 Å². The van der Waals surface area contributed by atoms with Crippen LogP contribution in [0.2, 0.25) is 0 Å². The zero-order valence-corrected chi connectivity index (χ0v) is 17.9. The standard InChI is InChI=1S/C21H25N5O3S/c1-3-29-21(28)25-10-8-15(9-11-25)22-19(27)13-30-20-24-23-18-12-14(2)16-6-4-5-7-17(16)26(18)20/h4-7,12,15H,3,8-11,13H2,1-2H3,(H,22,27). The zero-order chi connectivity index (χ0) is 21.1. The van der Waals surface area contributed by atoms with Gasteiger partial charge in [0.05, 0.1) is 17.9 Å². The maximum atomic E-state index is 12.5. The van der Waals surface area contributed by atoms with Gasteiger partial charge in [-0.1, -0.05) is 30.0 Å². The molecule has 9 heteroatoms. The van der Waals surface area contributed by atoms with Crippen molar-refractivity contribution < 1.29 is 14.3 Å². The number of aromatic nitrogens is 3. The molecular weight excluding hydrogens is 402 g/mol. The van der Waals surface area contributed by atoms with Crippen LogP contribution in [0.25, 0.3) is 16.6 Å². The lowest BCUT2D eigenvalue weighted by atomic mass is 10.1. The van der Waals surface area contributed by atoms with Crippen molar-refractivity contribution in [3.05, 3.63) is 35.9 Å². The second-order valence-electron chi connectivity index (χ2n) is 7.34. The van der Waals surface area contributed by atoms with Crippen LogP contribution in [-0.2, 0) is 9.53 Å². The number of carbonyl (C=O) groups excluding carboxylic acids is 2. The van der Waals surface area contributed by atoms with Gasteiger partial charge in [-0.25, -0.2) is 4.79 Å². The van der Waals surface area contributed by atoms with Crippen molar-refractivity contribution in [2.75, 3.05) is 25.4 Å². The van der Waals surface area contributed by atoms with Gasteiger partial charge in [-0.15, -0.1) is 10.2 Å². The minimum absolute atomic E-state index is 0.0391. The van der Waals surface area contributed by atoms with E-state index >= 15 is 0 Å². The third-order valence-corrected chi connectivity index (χ3v) is 6.22. The highest BCUT2D eigenvalue weighted by atomic mass is 32.2. The minimum atomic E-state index is -0.279. The highest BCUT2D eigenvalue weighted by Crippen LogP contribution is 2.25. The SMILES string of the molecule is CCOC(=O)N1CCC(NC(=O)CSc2nnc3cc(C)c4ccccc4n23)CC1. The summed E-state index contributed by atoms with van der Waals surface area (Å²) in [4.78, 5) is 26.0. The summed E-state index contributed by atoms with van der Waals surface area (Å²) in [5.74, 6) is 0.226. The molecule has 0 saturated carbocycles. The van der Waals surface area contributed by atoms with Crippen LogP contribution in [-0.4, -0.2) is 63.0 Å². The molecule has 1 aromatic carbocycles. The Morgan fingerprint density at radius 3 is 2.77 bits per heavy atom. The molecule has 0 spiro atoms. The number of fused-ring (bicyclic) bond motifs is 3. The molecule has 0 atom stereocenters. The smallest absolute Gasteiger partial charge is 0.409 e. The molecule has 0 bridgehead atoms. The summed E-state index contributed by atoms with van der Waals surface area (Å²) in [7, 11) is 0. The summed E-state index contributed by atoms with van der Waals surface area (Å²) in [6.07, 6.45) is 1.18. The Balaban J connectivity index is 1.36. The molecule has 1 saturated heterocycles. The number of nitrogens with zero attached hydrogens (tertiary/aromatic N) is 4. The fourth-order valence-electron chi connectivity index (χ4n) is 3.79. The molecule has 0 radical (unpaired) electrons. The average Bonchev–Trinajstić information content (AvgIpc) is 3.16. The third kappa shape index (κ3) is 4.21.